The van der Waals surface area contributed by atoms with E-state index in [-0.39, 0.29) is 5.91 Å². The van der Waals surface area contributed by atoms with E-state index in [0.717, 1.165) is 16.8 Å². The predicted molar refractivity (Wildman–Crippen MR) is 102 cm³/mol. The minimum Gasteiger partial charge on any atom is -0.497 e. The first kappa shape index (κ1) is 17.7. The van der Waals surface area contributed by atoms with Crippen molar-refractivity contribution in [1.82, 2.24) is 14.8 Å². The number of aromatic nitrogens is 3. The molecule has 134 valence electrons. The van der Waals surface area contributed by atoms with Gasteiger partial charge in [0, 0.05) is 41.9 Å². The molecule has 7 nitrogen and oxygen atoms in total. The van der Waals surface area contributed by atoms with Gasteiger partial charge in [-0.05, 0) is 18.2 Å². The normalized spacial score (nSPS) is 10.9. The molecular formula is C18H18N4O3S. The summed E-state index contributed by atoms with van der Waals surface area (Å²) in [6.45, 7) is 0. The summed E-state index contributed by atoms with van der Waals surface area (Å²) in [6, 6.07) is 5.51. The zero-order valence-electron chi connectivity index (χ0n) is 14.6. The lowest BCUT2D eigenvalue weighted by molar-refractivity contribution is -0.111. The van der Waals surface area contributed by atoms with E-state index < -0.39 is 0 Å². The van der Waals surface area contributed by atoms with Crippen LogP contribution in [0.15, 0.2) is 42.0 Å². The van der Waals surface area contributed by atoms with Gasteiger partial charge in [-0.1, -0.05) is 0 Å². The van der Waals surface area contributed by atoms with Crippen LogP contribution in [-0.4, -0.2) is 34.9 Å². The first-order chi connectivity index (χ1) is 12.6. The Morgan fingerprint density at radius 1 is 1.31 bits per heavy atom. The van der Waals surface area contributed by atoms with Crippen LogP contribution < -0.4 is 14.8 Å². The minimum absolute atomic E-state index is 0.253. The lowest BCUT2D eigenvalue weighted by Gasteiger charge is -2.08. The third-order valence-electron chi connectivity index (χ3n) is 3.57. The van der Waals surface area contributed by atoms with Gasteiger partial charge in [-0.2, -0.15) is 5.10 Å². The van der Waals surface area contributed by atoms with Crippen molar-refractivity contribution in [3.63, 3.8) is 0 Å². The molecule has 2 heterocycles. The summed E-state index contributed by atoms with van der Waals surface area (Å²) in [5.41, 5.74) is 2.41. The van der Waals surface area contributed by atoms with Gasteiger partial charge >= 0.3 is 0 Å². The van der Waals surface area contributed by atoms with E-state index in [4.69, 9.17) is 9.47 Å². The van der Waals surface area contributed by atoms with E-state index in [2.05, 4.69) is 15.4 Å². The van der Waals surface area contributed by atoms with Crippen LogP contribution in [0, 0.1) is 0 Å². The number of aryl methyl sites for hydroxylation is 1. The van der Waals surface area contributed by atoms with Crippen LogP contribution in [0.1, 0.15) is 5.56 Å². The number of carbonyl (C=O) groups is 1. The summed E-state index contributed by atoms with van der Waals surface area (Å²) >= 11 is 1.35. The Morgan fingerprint density at radius 2 is 2.15 bits per heavy atom. The van der Waals surface area contributed by atoms with Crippen LogP contribution in [0.4, 0.5) is 5.13 Å². The van der Waals surface area contributed by atoms with Crippen molar-refractivity contribution in [2.24, 2.45) is 7.05 Å². The highest BCUT2D eigenvalue weighted by molar-refractivity contribution is 7.14. The molecular weight excluding hydrogens is 352 g/mol. The Morgan fingerprint density at radius 3 is 2.85 bits per heavy atom. The minimum atomic E-state index is -0.253. The molecule has 0 atom stereocenters. The van der Waals surface area contributed by atoms with E-state index in [9.17, 15) is 4.79 Å². The number of rotatable bonds is 6. The molecule has 26 heavy (non-hydrogen) atoms. The standard InChI is InChI=1S/C18H18N4O3S/c1-22-10-12(9-19-22)4-7-17(23)21-18-20-15(11-26-18)14-6-5-13(24-2)8-16(14)25-3/h4-11H,1-3H3,(H,20,21,23)/b7-4+. The lowest BCUT2D eigenvalue weighted by atomic mass is 10.1. The molecule has 1 N–H and O–H groups in total. The Hall–Kier alpha value is -3.13. The second kappa shape index (κ2) is 7.83. The zero-order valence-corrected chi connectivity index (χ0v) is 15.4. The third-order valence-corrected chi connectivity index (χ3v) is 4.33. The van der Waals surface area contributed by atoms with Crippen LogP contribution in [0.25, 0.3) is 17.3 Å². The number of methoxy groups -OCH3 is 2. The molecule has 0 unspecified atom stereocenters. The zero-order chi connectivity index (χ0) is 18.5. The van der Waals surface area contributed by atoms with E-state index in [0.29, 0.717) is 16.6 Å². The number of nitrogens with one attached hydrogen (secondary N) is 1. The Kier molecular flexibility index (Phi) is 5.33. The van der Waals surface area contributed by atoms with Crippen molar-refractivity contribution in [3.05, 3.63) is 47.6 Å². The van der Waals surface area contributed by atoms with Gasteiger partial charge in [-0.25, -0.2) is 4.98 Å². The molecule has 1 amide bonds. The smallest absolute Gasteiger partial charge is 0.250 e. The molecule has 0 saturated carbocycles. The highest BCUT2D eigenvalue weighted by Gasteiger charge is 2.12. The number of thiazole rings is 1. The molecule has 0 spiro atoms. The van der Waals surface area contributed by atoms with Gasteiger partial charge in [0.05, 0.1) is 26.1 Å². The summed E-state index contributed by atoms with van der Waals surface area (Å²) in [7, 11) is 5.02. The molecule has 0 bridgehead atoms. The number of hydrogen-bond donors (Lipinski definition) is 1. The Bertz CT molecular complexity index is 946. The molecule has 0 saturated heterocycles. The molecule has 0 aliphatic heterocycles. The number of ether oxygens (including phenoxy) is 2. The largest absolute Gasteiger partial charge is 0.497 e. The summed E-state index contributed by atoms with van der Waals surface area (Å²) in [5, 5.41) is 9.18. The van der Waals surface area contributed by atoms with Gasteiger partial charge in [-0.3, -0.25) is 14.8 Å². The topological polar surface area (TPSA) is 78.3 Å². The van der Waals surface area contributed by atoms with Gasteiger partial charge in [-0.15, -0.1) is 11.3 Å². The first-order valence-corrected chi connectivity index (χ1v) is 8.62. The van der Waals surface area contributed by atoms with Gasteiger partial charge in [0.15, 0.2) is 5.13 Å². The second-order valence-corrected chi connectivity index (χ2v) is 6.23. The Balaban J connectivity index is 1.72. The first-order valence-electron chi connectivity index (χ1n) is 7.74. The number of benzene rings is 1. The third kappa shape index (κ3) is 4.09. The molecule has 0 aliphatic rings. The van der Waals surface area contributed by atoms with Crippen molar-refractivity contribution < 1.29 is 14.3 Å². The number of carbonyl (C=O) groups excluding carboxylic acids is 1. The predicted octanol–water partition coefficient (Wildman–Crippen LogP) is 3.21. The molecule has 1 aromatic carbocycles. The van der Waals surface area contributed by atoms with Crippen molar-refractivity contribution in [2.75, 3.05) is 19.5 Å². The quantitative estimate of drug-likeness (QED) is 0.674. The van der Waals surface area contributed by atoms with Crippen molar-refractivity contribution in [1.29, 1.82) is 0 Å². The molecule has 2 aromatic heterocycles. The van der Waals surface area contributed by atoms with Crippen LogP contribution in [0.2, 0.25) is 0 Å². The summed E-state index contributed by atoms with van der Waals surface area (Å²) in [6.07, 6.45) is 6.65. The monoisotopic (exact) mass is 370 g/mol. The van der Waals surface area contributed by atoms with Crippen molar-refractivity contribution in [3.8, 4) is 22.8 Å². The SMILES string of the molecule is COc1ccc(-c2csc(NC(=O)/C=C/c3cnn(C)c3)n2)c(OC)c1. The van der Waals surface area contributed by atoms with Gasteiger partial charge in [0.2, 0.25) is 5.91 Å². The number of anilines is 1. The fourth-order valence-electron chi connectivity index (χ4n) is 2.31. The number of nitrogens with zero attached hydrogens (tertiary/aromatic N) is 3. The fraction of sp³-hybridized carbons (Fsp3) is 0.167. The number of amides is 1. The second-order valence-electron chi connectivity index (χ2n) is 5.37. The van der Waals surface area contributed by atoms with E-state index in [1.54, 1.807) is 37.2 Å². The van der Waals surface area contributed by atoms with Crippen molar-refractivity contribution >= 4 is 28.5 Å². The van der Waals surface area contributed by atoms with Crippen LogP contribution in [-0.2, 0) is 11.8 Å². The highest BCUT2D eigenvalue weighted by atomic mass is 32.1. The van der Waals surface area contributed by atoms with E-state index in [1.165, 1.54) is 17.4 Å². The van der Waals surface area contributed by atoms with E-state index in [1.807, 2.05) is 30.8 Å². The maximum atomic E-state index is 12.0. The van der Waals surface area contributed by atoms with E-state index >= 15 is 0 Å². The molecule has 0 aliphatic carbocycles. The molecule has 0 fully saturated rings. The molecule has 3 rings (SSSR count). The van der Waals surface area contributed by atoms with Crippen LogP contribution in [0.5, 0.6) is 11.5 Å². The maximum absolute atomic E-state index is 12.0. The van der Waals surface area contributed by atoms with Crippen LogP contribution in [0.3, 0.4) is 0 Å². The van der Waals surface area contributed by atoms with Crippen LogP contribution >= 0.6 is 11.3 Å². The van der Waals surface area contributed by atoms with Gasteiger partial charge < -0.3 is 9.47 Å². The maximum Gasteiger partial charge on any atom is 0.250 e. The Labute approximate surface area is 154 Å². The average Bonchev–Trinajstić information content (AvgIpc) is 3.28. The summed E-state index contributed by atoms with van der Waals surface area (Å²) < 4.78 is 12.3. The summed E-state index contributed by atoms with van der Waals surface area (Å²) in [5.74, 6) is 1.11. The average molecular weight is 370 g/mol. The molecule has 0 radical (unpaired) electrons. The fourth-order valence-corrected chi connectivity index (χ4v) is 3.02. The van der Waals surface area contributed by atoms with Gasteiger partial charge in [0.25, 0.3) is 0 Å². The lowest BCUT2D eigenvalue weighted by Crippen LogP contribution is -2.07. The number of hydrogen-bond acceptors (Lipinski definition) is 6. The summed E-state index contributed by atoms with van der Waals surface area (Å²) in [4.78, 5) is 16.5. The molecule has 8 heteroatoms. The van der Waals surface area contributed by atoms with Gasteiger partial charge in [0.1, 0.15) is 11.5 Å². The van der Waals surface area contributed by atoms with Crippen molar-refractivity contribution in [2.45, 2.75) is 0 Å². The molecule has 3 aromatic rings. The highest BCUT2D eigenvalue weighted by Crippen LogP contribution is 2.34.